The molecule has 4 rings (SSSR count). The number of anilines is 1. The number of hydrogen-bond acceptors (Lipinski definition) is 7. The summed E-state index contributed by atoms with van der Waals surface area (Å²) in [4.78, 5) is 23.2. The van der Waals surface area contributed by atoms with Gasteiger partial charge in [-0.05, 0) is 74.9 Å². The molecular weight excluding hydrogens is 498 g/mol. The maximum Gasteiger partial charge on any atom is 0.340 e. The van der Waals surface area contributed by atoms with Crippen LogP contribution in [0.25, 0.3) is 16.6 Å². The molecule has 0 bridgehead atoms. The van der Waals surface area contributed by atoms with Crippen LogP contribution in [0.3, 0.4) is 0 Å². The van der Waals surface area contributed by atoms with Gasteiger partial charge in [-0.1, -0.05) is 0 Å². The Balaban J connectivity index is 1.86. The number of rotatable bonds is 8. The molecule has 1 aromatic heterocycles. The van der Waals surface area contributed by atoms with E-state index in [-0.39, 0.29) is 22.9 Å². The van der Waals surface area contributed by atoms with Crippen molar-refractivity contribution < 1.29 is 27.6 Å². The third-order valence-electron chi connectivity index (χ3n) is 5.91. The predicted octanol–water partition coefficient (Wildman–Crippen LogP) is 5.14. The molecule has 192 valence electrons. The van der Waals surface area contributed by atoms with Crippen LogP contribution < -0.4 is 9.46 Å². The van der Waals surface area contributed by atoms with Gasteiger partial charge in [0.25, 0.3) is 15.7 Å². The van der Waals surface area contributed by atoms with E-state index in [1.807, 2.05) is 35.8 Å². The lowest BCUT2D eigenvalue weighted by Crippen LogP contribution is -2.13. The summed E-state index contributed by atoms with van der Waals surface area (Å²) >= 11 is 0. The molecule has 10 nitrogen and oxygen atoms in total. The minimum atomic E-state index is -4.06. The average molecular weight is 524 g/mol. The maximum absolute atomic E-state index is 13.0. The van der Waals surface area contributed by atoms with Crippen LogP contribution in [0, 0.1) is 24.0 Å². The Morgan fingerprint density at radius 1 is 1.05 bits per heavy atom. The molecule has 11 heteroatoms. The predicted molar refractivity (Wildman–Crippen MR) is 139 cm³/mol. The van der Waals surface area contributed by atoms with E-state index in [0.29, 0.717) is 28.0 Å². The van der Waals surface area contributed by atoms with E-state index in [2.05, 4.69) is 4.72 Å². The zero-order valence-corrected chi connectivity index (χ0v) is 21.5. The fraction of sp³-hybridized carbons (Fsp3) is 0.192. The molecule has 0 aliphatic carbocycles. The number of carbonyl (C=O) groups excluding carboxylic acids is 1. The number of esters is 1. The van der Waals surface area contributed by atoms with E-state index >= 15 is 0 Å². The van der Waals surface area contributed by atoms with Gasteiger partial charge in [-0.15, -0.1) is 0 Å². The van der Waals surface area contributed by atoms with Gasteiger partial charge in [0, 0.05) is 34.6 Å². The molecule has 0 radical (unpaired) electrons. The van der Waals surface area contributed by atoms with Crippen molar-refractivity contribution in [2.45, 2.75) is 25.7 Å². The summed E-state index contributed by atoms with van der Waals surface area (Å²) in [7, 11) is -2.48. The number of hydrogen-bond donors (Lipinski definition) is 1. The molecule has 0 saturated carbocycles. The van der Waals surface area contributed by atoms with Gasteiger partial charge in [0.15, 0.2) is 0 Å². The molecule has 0 aliphatic heterocycles. The van der Waals surface area contributed by atoms with Gasteiger partial charge in [-0.3, -0.25) is 14.8 Å². The summed E-state index contributed by atoms with van der Waals surface area (Å²) in [6, 6.07) is 15.2. The van der Waals surface area contributed by atoms with Crippen molar-refractivity contribution in [3.63, 3.8) is 0 Å². The smallest absolute Gasteiger partial charge is 0.340 e. The molecule has 1 N–H and O–H groups in total. The first-order chi connectivity index (χ1) is 17.6. The van der Waals surface area contributed by atoms with Crippen molar-refractivity contribution in [3.05, 3.63) is 87.6 Å². The second kappa shape index (κ2) is 9.94. The first-order valence-electron chi connectivity index (χ1n) is 11.3. The van der Waals surface area contributed by atoms with Crippen molar-refractivity contribution in [1.82, 2.24) is 4.57 Å². The molecule has 0 atom stereocenters. The van der Waals surface area contributed by atoms with E-state index in [9.17, 15) is 23.3 Å². The number of ether oxygens (including phenoxy) is 2. The van der Waals surface area contributed by atoms with Gasteiger partial charge >= 0.3 is 5.97 Å². The Kier molecular flexibility index (Phi) is 6.90. The third-order valence-corrected chi connectivity index (χ3v) is 7.31. The summed E-state index contributed by atoms with van der Waals surface area (Å²) in [6.45, 7) is 5.51. The molecule has 37 heavy (non-hydrogen) atoms. The zero-order chi connectivity index (χ0) is 26.9. The van der Waals surface area contributed by atoms with Crippen LogP contribution in [-0.2, 0) is 14.8 Å². The van der Waals surface area contributed by atoms with Crippen LogP contribution in [0.5, 0.6) is 5.75 Å². The standard InChI is InChI=1S/C26H25N3O7S/c1-5-36-26(30)24-17(3)28(19-6-10-21(35-4)11-7-19)25-16(2)14-18(15-23(24)25)27-37(33,34)22-12-8-20(9-13-22)29(31)32/h6-15,27H,5H2,1-4H3. The zero-order valence-electron chi connectivity index (χ0n) is 20.6. The average Bonchev–Trinajstić information content (AvgIpc) is 3.16. The fourth-order valence-corrected chi connectivity index (χ4v) is 5.32. The molecule has 0 fully saturated rings. The topological polar surface area (TPSA) is 130 Å². The van der Waals surface area contributed by atoms with Crippen LogP contribution in [-0.4, -0.2) is 37.6 Å². The van der Waals surface area contributed by atoms with Crippen molar-refractivity contribution in [1.29, 1.82) is 0 Å². The molecule has 4 aromatic rings. The number of nitrogens with one attached hydrogen (secondary N) is 1. The lowest BCUT2D eigenvalue weighted by atomic mass is 10.1. The van der Waals surface area contributed by atoms with E-state index < -0.39 is 20.9 Å². The molecule has 0 unspecified atom stereocenters. The minimum Gasteiger partial charge on any atom is -0.497 e. The number of aromatic nitrogens is 1. The summed E-state index contributed by atoms with van der Waals surface area (Å²) in [5.41, 5.74) is 3.22. The van der Waals surface area contributed by atoms with E-state index in [1.54, 1.807) is 33.1 Å². The van der Waals surface area contributed by atoms with E-state index in [0.717, 1.165) is 23.3 Å². The molecular formula is C26H25N3O7S. The number of methoxy groups -OCH3 is 1. The number of fused-ring (bicyclic) bond motifs is 1. The normalized spacial score (nSPS) is 11.4. The van der Waals surface area contributed by atoms with Crippen LogP contribution in [0.1, 0.15) is 28.5 Å². The second-order valence-corrected chi connectivity index (χ2v) is 9.94. The van der Waals surface area contributed by atoms with Crippen molar-refractivity contribution in [2.24, 2.45) is 0 Å². The summed E-state index contributed by atoms with van der Waals surface area (Å²) in [5, 5.41) is 11.4. The van der Waals surface area contributed by atoms with Gasteiger partial charge in [0.1, 0.15) is 5.75 Å². The highest BCUT2D eigenvalue weighted by Gasteiger charge is 2.25. The van der Waals surface area contributed by atoms with Crippen LogP contribution >= 0.6 is 0 Å². The van der Waals surface area contributed by atoms with E-state index in [4.69, 9.17) is 9.47 Å². The van der Waals surface area contributed by atoms with Crippen molar-refractivity contribution in [3.8, 4) is 11.4 Å². The van der Waals surface area contributed by atoms with Crippen LogP contribution in [0.15, 0.2) is 65.6 Å². The van der Waals surface area contributed by atoms with Gasteiger partial charge < -0.3 is 14.0 Å². The number of carbonyl (C=O) groups is 1. The summed E-state index contributed by atoms with van der Waals surface area (Å²) in [6.07, 6.45) is 0. The molecule has 0 amide bonds. The van der Waals surface area contributed by atoms with Crippen molar-refractivity contribution >= 4 is 38.3 Å². The Morgan fingerprint density at radius 2 is 1.70 bits per heavy atom. The van der Waals surface area contributed by atoms with Gasteiger partial charge in [0.2, 0.25) is 0 Å². The fourth-order valence-electron chi connectivity index (χ4n) is 4.28. The number of benzene rings is 3. The maximum atomic E-state index is 13.0. The SMILES string of the molecule is CCOC(=O)c1c(C)n(-c2ccc(OC)cc2)c2c(C)cc(NS(=O)(=O)c3ccc([N+](=O)[O-])cc3)cc12. The highest BCUT2D eigenvalue weighted by Crippen LogP contribution is 2.35. The lowest BCUT2D eigenvalue weighted by Gasteiger charge is -2.13. The second-order valence-electron chi connectivity index (χ2n) is 8.26. The highest BCUT2D eigenvalue weighted by molar-refractivity contribution is 7.92. The highest BCUT2D eigenvalue weighted by atomic mass is 32.2. The van der Waals surface area contributed by atoms with Crippen molar-refractivity contribution in [2.75, 3.05) is 18.4 Å². The Morgan fingerprint density at radius 3 is 2.27 bits per heavy atom. The van der Waals surface area contributed by atoms with Crippen LogP contribution in [0.2, 0.25) is 0 Å². The molecule has 0 aliphatic rings. The Labute approximate surface area is 213 Å². The number of nitro benzene ring substituents is 1. The van der Waals surface area contributed by atoms with Gasteiger partial charge in [-0.2, -0.15) is 0 Å². The number of aryl methyl sites for hydroxylation is 1. The quantitative estimate of drug-likeness (QED) is 0.192. The lowest BCUT2D eigenvalue weighted by molar-refractivity contribution is -0.384. The van der Waals surface area contributed by atoms with Gasteiger partial charge in [-0.25, -0.2) is 13.2 Å². The number of nitrogens with zero attached hydrogens (tertiary/aromatic N) is 2. The van der Waals surface area contributed by atoms with E-state index in [1.165, 1.54) is 12.1 Å². The summed E-state index contributed by atoms with van der Waals surface area (Å²) < 4.78 is 41.0. The Bertz CT molecular complexity index is 1610. The number of nitro groups is 1. The molecule has 3 aromatic carbocycles. The van der Waals surface area contributed by atoms with Crippen LogP contribution in [0.4, 0.5) is 11.4 Å². The molecule has 1 heterocycles. The largest absolute Gasteiger partial charge is 0.497 e. The first-order valence-corrected chi connectivity index (χ1v) is 12.8. The number of sulfonamides is 1. The first kappa shape index (κ1) is 25.7. The monoisotopic (exact) mass is 523 g/mol. The number of non-ortho nitro benzene ring substituents is 1. The Hall–Kier alpha value is -4.38. The molecule has 0 spiro atoms. The third kappa shape index (κ3) is 4.85. The summed E-state index contributed by atoms with van der Waals surface area (Å²) in [5.74, 6) is 0.162. The van der Waals surface area contributed by atoms with Gasteiger partial charge in [0.05, 0.1) is 34.6 Å². The molecule has 0 saturated heterocycles. The minimum absolute atomic E-state index is 0.131.